The van der Waals surface area contributed by atoms with Crippen molar-refractivity contribution in [2.75, 3.05) is 19.6 Å². The summed E-state index contributed by atoms with van der Waals surface area (Å²) in [6.45, 7) is 1.82. The number of rotatable bonds is 5. The molecule has 146 valence electrons. The number of amides is 2. The predicted molar refractivity (Wildman–Crippen MR) is 102 cm³/mol. The van der Waals surface area contributed by atoms with Crippen LogP contribution in [0.15, 0.2) is 36.4 Å². The van der Waals surface area contributed by atoms with Crippen LogP contribution in [0.1, 0.15) is 12.8 Å². The van der Waals surface area contributed by atoms with E-state index in [1.165, 1.54) is 24.3 Å². The summed E-state index contributed by atoms with van der Waals surface area (Å²) in [7, 11) is 0. The number of aliphatic hydroxyl groups is 1. The summed E-state index contributed by atoms with van der Waals surface area (Å²) in [5, 5.41) is 11.9. The number of halogens is 2. The average Bonchev–Trinajstić information content (AvgIpc) is 3.39. The molecule has 2 fully saturated rings. The molecular weight excluding hydrogens is 364 g/mol. The summed E-state index contributed by atoms with van der Waals surface area (Å²) in [4.78, 5) is 16.1. The zero-order valence-electron chi connectivity index (χ0n) is 15.3. The molecule has 2 aliphatic rings. The highest BCUT2D eigenvalue weighted by molar-refractivity contribution is 6.08. The molecule has 5 nitrogen and oxygen atoms in total. The molecule has 1 saturated carbocycles. The number of carbonyl (C=O) groups excluding carboxylic acids is 1. The molecule has 1 saturated heterocycles. The Balaban J connectivity index is 1.43. The lowest BCUT2D eigenvalue weighted by atomic mass is 10.1. The molecule has 1 N–H and O–H groups in total. The van der Waals surface area contributed by atoms with Gasteiger partial charge in [0.05, 0.1) is 19.2 Å². The number of hydrogen-bond donors (Lipinski definition) is 1. The highest BCUT2D eigenvalue weighted by Gasteiger charge is 2.39. The van der Waals surface area contributed by atoms with E-state index < -0.39 is 6.10 Å². The van der Waals surface area contributed by atoms with Crippen molar-refractivity contribution in [3.63, 3.8) is 0 Å². The molecule has 7 heteroatoms. The Labute approximate surface area is 160 Å². The number of fused-ring (bicyclic) bond motifs is 3. The fraction of sp³-hybridized carbons (Fsp3) is 0.381. The summed E-state index contributed by atoms with van der Waals surface area (Å²) in [5.41, 5.74) is 1.46. The molecule has 1 aliphatic carbocycles. The summed E-state index contributed by atoms with van der Waals surface area (Å²) in [6.07, 6.45) is 1.35. The second-order valence-electron chi connectivity index (χ2n) is 7.74. The van der Waals surface area contributed by atoms with Gasteiger partial charge < -0.3 is 19.5 Å². The first-order valence-corrected chi connectivity index (χ1v) is 9.62. The van der Waals surface area contributed by atoms with E-state index in [1.54, 1.807) is 17.0 Å². The summed E-state index contributed by atoms with van der Waals surface area (Å²) < 4.78 is 29.4. The minimum Gasteiger partial charge on any atom is -0.389 e. The molecule has 2 amide bonds. The molecule has 3 aromatic rings. The molecule has 0 radical (unpaired) electrons. The van der Waals surface area contributed by atoms with Crippen LogP contribution in [0.2, 0.25) is 0 Å². The summed E-state index contributed by atoms with van der Waals surface area (Å²) >= 11 is 0. The van der Waals surface area contributed by atoms with Crippen LogP contribution in [0, 0.1) is 11.6 Å². The maximum Gasteiger partial charge on any atom is 0.320 e. The summed E-state index contributed by atoms with van der Waals surface area (Å²) in [6, 6.07) is 9.14. The third kappa shape index (κ3) is 2.90. The Morgan fingerprint density at radius 1 is 0.964 bits per heavy atom. The first-order chi connectivity index (χ1) is 13.5. The fourth-order valence-corrected chi connectivity index (χ4v) is 4.26. The Kier molecular flexibility index (Phi) is 4.01. The predicted octanol–water partition coefficient (Wildman–Crippen LogP) is 3.33. The Hall–Kier alpha value is -2.67. The minimum atomic E-state index is -0.781. The van der Waals surface area contributed by atoms with E-state index in [0.29, 0.717) is 29.9 Å². The Morgan fingerprint density at radius 2 is 1.57 bits per heavy atom. The van der Waals surface area contributed by atoms with Crippen molar-refractivity contribution >= 4 is 27.8 Å². The average molecular weight is 385 g/mol. The van der Waals surface area contributed by atoms with Crippen molar-refractivity contribution in [1.82, 2.24) is 14.4 Å². The lowest BCUT2D eigenvalue weighted by molar-refractivity contribution is 0.115. The molecule has 1 aromatic heterocycles. The van der Waals surface area contributed by atoms with Crippen LogP contribution < -0.4 is 0 Å². The van der Waals surface area contributed by atoms with Gasteiger partial charge in [-0.25, -0.2) is 13.6 Å². The van der Waals surface area contributed by atoms with Gasteiger partial charge in [-0.05, 0) is 49.2 Å². The molecule has 5 rings (SSSR count). The van der Waals surface area contributed by atoms with Gasteiger partial charge in [0.2, 0.25) is 0 Å². The maximum atomic E-state index is 13.8. The fourth-order valence-electron chi connectivity index (χ4n) is 4.26. The van der Waals surface area contributed by atoms with Crippen molar-refractivity contribution in [1.29, 1.82) is 0 Å². The highest BCUT2D eigenvalue weighted by Crippen LogP contribution is 2.32. The number of nitrogens with zero attached hydrogens (tertiary/aromatic N) is 3. The van der Waals surface area contributed by atoms with E-state index in [1.807, 2.05) is 9.47 Å². The molecule has 2 aromatic carbocycles. The van der Waals surface area contributed by atoms with E-state index in [-0.39, 0.29) is 30.8 Å². The van der Waals surface area contributed by atoms with E-state index in [9.17, 15) is 18.7 Å². The van der Waals surface area contributed by atoms with Gasteiger partial charge in [-0.3, -0.25) is 0 Å². The van der Waals surface area contributed by atoms with Gasteiger partial charge >= 0.3 is 6.03 Å². The van der Waals surface area contributed by atoms with E-state index in [4.69, 9.17) is 0 Å². The van der Waals surface area contributed by atoms with E-state index in [2.05, 4.69) is 0 Å². The molecule has 0 bridgehead atoms. The number of urea groups is 1. The van der Waals surface area contributed by atoms with Crippen molar-refractivity contribution in [3.8, 4) is 0 Å². The molecule has 1 atom stereocenters. The topological polar surface area (TPSA) is 48.7 Å². The zero-order chi connectivity index (χ0) is 19.4. The van der Waals surface area contributed by atoms with E-state index in [0.717, 1.165) is 23.9 Å². The maximum absolute atomic E-state index is 13.8. The Morgan fingerprint density at radius 3 is 2.14 bits per heavy atom. The van der Waals surface area contributed by atoms with Gasteiger partial charge in [-0.1, -0.05) is 0 Å². The molecule has 2 heterocycles. The van der Waals surface area contributed by atoms with Crippen LogP contribution in [-0.2, 0) is 6.54 Å². The number of carbonyl (C=O) groups is 1. The van der Waals surface area contributed by atoms with Gasteiger partial charge in [-0.15, -0.1) is 0 Å². The third-order valence-electron chi connectivity index (χ3n) is 5.73. The van der Waals surface area contributed by atoms with Crippen LogP contribution in [0.3, 0.4) is 0 Å². The molecule has 28 heavy (non-hydrogen) atoms. The summed E-state index contributed by atoms with van der Waals surface area (Å²) in [5.74, 6) is -0.779. The lowest BCUT2D eigenvalue weighted by Gasteiger charge is -2.22. The third-order valence-corrected chi connectivity index (χ3v) is 5.73. The first kappa shape index (κ1) is 17.4. The highest BCUT2D eigenvalue weighted by atomic mass is 19.1. The standard InChI is InChI=1S/C21H21F2N3O2/c22-13-1-5-19-17(9-13)18-10-14(23)2-6-20(18)26(19)12-16(27)11-24-7-8-25(21(24)28)15-3-4-15/h1-2,5-6,9-10,15-16,27H,3-4,7-8,11-12H2. The zero-order valence-corrected chi connectivity index (χ0v) is 15.3. The molecule has 1 unspecified atom stereocenters. The number of aromatic nitrogens is 1. The number of aliphatic hydroxyl groups excluding tert-OH is 1. The van der Waals surface area contributed by atoms with Crippen molar-refractivity contribution in [2.24, 2.45) is 0 Å². The SMILES string of the molecule is O=C1N(CC(O)Cn2c3ccc(F)cc3c3cc(F)ccc32)CCN1C1CC1. The minimum absolute atomic E-state index is 0.00656. The van der Waals surface area contributed by atoms with Crippen LogP contribution in [-0.4, -0.2) is 57.3 Å². The molecule has 1 aliphatic heterocycles. The number of hydrogen-bond acceptors (Lipinski definition) is 2. The van der Waals surface area contributed by atoms with E-state index >= 15 is 0 Å². The van der Waals surface area contributed by atoms with Gasteiger partial charge in [0.15, 0.2) is 0 Å². The van der Waals surface area contributed by atoms with Crippen molar-refractivity contribution in [3.05, 3.63) is 48.0 Å². The largest absolute Gasteiger partial charge is 0.389 e. The second kappa shape index (κ2) is 6.44. The van der Waals surface area contributed by atoms with Crippen molar-refractivity contribution in [2.45, 2.75) is 31.5 Å². The van der Waals surface area contributed by atoms with Gasteiger partial charge in [-0.2, -0.15) is 0 Å². The number of benzene rings is 2. The number of β-amino-alcohol motifs (C(OH)–C–C–N with tert-alkyl or cyclic N) is 1. The van der Waals surface area contributed by atoms with Crippen LogP contribution in [0.4, 0.5) is 13.6 Å². The first-order valence-electron chi connectivity index (χ1n) is 9.62. The van der Waals surface area contributed by atoms with Gasteiger partial charge in [0.25, 0.3) is 0 Å². The Bertz CT molecular complexity index is 1020. The van der Waals surface area contributed by atoms with Crippen LogP contribution >= 0.6 is 0 Å². The lowest BCUT2D eigenvalue weighted by Crippen LogP contribution is -2.38. The molecule has 0 spiro atoms. The van der Waals surface area contributed by atoms with Crippen LogP contribution in [0.5, 0.6) is 0 Å². The van der Waals surface area contributed by atoms with Gasteiger partial charge in [0, 0.05) is 40.9 Å². The monoisotopic (exact) mass is 385 g/mol. The second-order valence-corrected chi connectivity index (χ2v) is 7.74. The van der Waals surface area contributed by atoms with Crippen molar-refractivity contribution < 1.29 is 18.7 Å². The van der Waals surface area contributed by atoms with Crippen LogP contribution in [0.25, 0.3) is 21.8 Å². The van der Waals surface area contributed by atoms with Gasteiger partial charge in [0.1, 0.15) is 11.6 Å². The quantitative estimate of drug-likeness (QED) is 0.732. The smallest absolute Gasteiger partial charge is 0.320 e. The molecular formula is C21H21F2N3O2. The normalized spacial score (nSPS) is 18.6.